The predicted octanol–water partition coefficient (Wildman–Crippen LogP) is 2.26. The lowest BCUT2D eigenvalue weighted by molar-refractivity contribution is 0.0988. The zero-order chi connectivity index (χ0) is 28.0. The summed E-state index contributed by atoms with van der Waals surface area (Å²) in [6.07, 6.45) is 6.18. The van der Waals surface area contributed by atoms with E-state index in [0.29, 0.717) is 24.4 Å². The van der Waals surface area contributed by atoms with E-state index in [1.807, 2.05) is 17.2 Å². The van der Waals surface area contributed by atoms with Gasteiger partial charge < -0.3 is 10.5 Å². The molecule has 1 aromatic carbocycles. The van der Waals surface area contributed by atoms with Crippen LogP contribution in [0.2, 0.25) is 0 Å². The van der Waals surface area contributed by atoms with Crippen molar-refractivity contribution >= 4 is 28.0 Å². The molecule has 3 aliphatic heterocycles. The fourth-order valence-corrected chi connectivity index (χ4v) is 7.85. The first-order valence-corrected chi connectivity index (χ1v) is 14.0. The molecule has 1 fully saturated rings. The Balaban J connectivity index is 1.54. The first-order chi connectivity index (χ1) is 18.5. The molecule has 4 heterocycles. The van der Waals surface area contributed by atoms with Crippen LogP contribution < -0.4 is 10.5 Å². The van der Waals surface area contributed by atoms with Gasteiger partial charge in [0.15, 0.2) is 5.78 Å². The Morgan fingerprint density at radius 3 is 2.72 bits per heavy atom. The molecule has 0 radical (unpaired) electrons. The molecule has 2 aromatic rings. The number of benzene rings is 1. The fraction of sp³-hybridized carbons (Fsp3) is 0.407. The number of aliphatic imine (C=N–C) groups is 2. The van der Waals surface area contributed by atoms with Crippen molar-refractivity contribution in [2.24, 2.45) is 15.7 Å². The lowest BCUT2D eigenvalue weighted by Crippen LogP contribution is -2.66. The van der Waals surface area contributed by atoms with Crippen molar-refractivity contribution in [1.82, 2.24) is 14.2 Å². The van der Waals surface area contributed by atoms with Crippen molar-refractivity contribution in [3.05, 3.63) is 70.9 Å². The number of allylic oxidation sites excluding steroid dienone is 1. The molecule has 1 saturated heterocycles. The van der Waals surface area contributed by atoms with Crippen molar-refractivity contribution in [2.45, 2.75) is 36.5 Å². The SMILES string of the molecule is COc1ccc(C(=O)Cc2ccc(F)c([C@@]3(C)N=C(N)N(C)S(=O)(=O)[C@@]34CCN(CC3=CCC=N3)C4)c2)nc1. The van der Waals surface area contributed by atoms with Crippen LogP contribution in [0.15, 0.2) is 58.3 Å². The molecule has 1 aromatic heterocycles. The number of Topliss-reactive ketones (excluding diaryl/α,β-unsaturated/α-hetero) is 1. The molecule has 39 heavy (non-hydrogen) atoms. The van der Waals surface area contributed by atoms with Crippen LogP contribution in [0.1, 0.15) is 41.4 Å². The maximum atomic E-state index is 15.6. The van der Waals surface area contributed by atoms with Gasteiger partial charge in [-0.2, -0.15) is 0 Å². The minimum absolute atomic E-state index is 0.0557. The van der Waals surface area contributed by atoms with Gasteiger partial charge in [-0.15, -0.1) is 0 Å². The van der Waals surface area contributed by atoms with Crippen LogP contribution in [0.4, 0.5) is 4.39 Å². The van der Waals surface area contributed by atoms with Gasteiger partial charge in [0.25, 0.3) is 0 Å². The van der Waals surface area contributed by atoms with Crippen molar-refractivity contribution in [1.29, 1.82) is 0 Å². The van der Waals surface area contributed by atoms with Crippen molar-refractivity contribution < 1.29 is 22.3 Å². The third-order valence-electron chi connectivity index (χ3n) is 7.99. The van der Waals surface area contributed by atoms with Crippen LogP contribution in [0.25, 0.3) is 0 Å². The molecule has 12 heteroatoms. The number of aromatic nitrogens is 1. The number of pyridine rings is 1. The Labute approximate surface area is 227 Å². The maximum absolute atomic E-state index is 15.6. The molecule has 10 nitrogen and oxygen atoms in total. The van der Waals surface area contributed by atoms with Gasteiger partial charge in [-0.25, -0.2) is 27.1 Å². The van der Waals surface area contributed by atoms with Crippen LogP contribution >= 0.6 is 0 Å². The van der Waals surface area contributed by atoms with E-state index in [9.17, 15) is 13.2 Å². The number of sulfonamides is 1. The normalized spacial score (nSPS) is 26.1. The van der Waals surface area contributed by atoms with E-state index in [0.717, 1.165) is 16.4 Å². The summed E-state index contributed by atoms with van der Waals surface area (Å²) in [5.41, 5.74) is 6.26. The van der Waals surface area contributed by atoms with E-state index in [1.165, 1.54) is 38.6 Å². The number of carbonyl (C=O) groups excluding carboxylic acids is 1. The third-order valence-corrected chi connectivity index (χ3v) is 10.6. The Morgan fingerprint density at radius 1 is 1.26 bits per heavy atom. The van der Waals surface area contributed by atoms with Gasteiger partial charge in [0.05, 0.1) is 19.0 Å². The standard InChI is InChI=1S/C27H31FN6O4S/c1-26(21-13-18(6-8-22(21)28)14-24(35)23-9-7-20(38-3)15-31-23)27(39(36,37)33(2)25(29)32-26)10-12-34(17-27)16-19-5-4-11-30-19/h5-9,11,13,15H,4,10,12,14,16-17H2,1-3H3,(H2,29,32)/t26-,27-/m1/s1. The zero-order valence-electron chi connectivity index (χ0n) is 22.1. The molecule has 0 saturated carbocycles. The average Bonchev–Trinajstić information content (AvgIpc) is 3.60. The fourth-order valence-electron chi connectivity index (χ4n) is 5.69. The lowest BCUT2D eigenvalue weighted by atomic mass is 9.77. The number of guanidine groups is 1. The van der Waals surface area contributed by atoms with Gasteiger partial charge in [0.1, 0.15) is 27.5 Å². The van der Waals surface area contributed by atoms with Gasteiger partial charge in [0, 0.05) is 51.3 Å². The number of nitrogens with zero attached hydrogens (tertiary/aromatic N) is 5. The van der Waals surface area contributed by atoms with Gasteiger partial charge in [-0.05, 0) is 43.2 Å². The number of likely N-dealkylation sites (tertiary alicyclic amines) is 1. The molecule has 0 bridgehead atoms. The number of rotatable bonds is 7. The molecule has 0 aliphatic carbocycles. The molecule has 0 amide bonds. The first kappa shape index (κ1) is 26.9. The average molecular weight is 555 g/mol. The predicted molar refractivity (Wildman–Crippen MR) is 146 cm³/mol. The van der Waals surface area contributed by atoms with Crippen LogP contribution in [0, 0.1) is 5.82 Å². The van der Waals surface area contributed by atoms with E-state index < -0.39 is 26.1 Å². The summed E-state index contributed by atoms with van der Waals surface area (Å²) in [7, 11) is -1.17. The summed E-state index contributed by atoms with van der Waals surface area (Å²) in [5, 5.41) is 0. The molecule has 206 valence electrons. The maximum Gasteiger partial charge on any atom is 0.247 e. The molecule has 3 aliphatic rings. The summed E-state index contributed by atoms with van der Waals surface area (Å²) in [6.45, 7) is 2.70. The van der Waals surface area contributed by atoms with Gasteiger partial charge >= 0.3 is 0 Å². The van der Waals surface area contributed by atoms with Crippen LogP contribution in [-0.4, -0.2) is 79.1 Å². The summed E-state index contributed by atoms with van der Waals surface area (Å²) in [6, 6.07) is 7.49. The minimum atomic E-state index is -4.05. The quantitative estimate of drug-likeness (QED) is 0.520. The second kappa shape index (κ2) is 9.83. The molecule has 2 N–H and O–H groups in total. The highest BCUT2D eigenvalue weighted by Crippen LogP contribution is 2.51. The molecular formula is C27H31FN6O4S. The summed E-state index contributed by atoms with van der Waals surface area (Å²) in [5.74, 6) is -0.581. The number of ether oxygens (including phenoxy) is 1. The second-order valence-corrected chi connectivity index (χ2v) is 12.5. The lowest BCUT2D eigenvalue weighted by Gasteiger charge is -2.48. The molecule has 5 rings (SSSR count). The Hall–Kier alpha value is -3.64. The highest BCUT2D eigenvalue weighted by Gasteiger charge is 2.66. The number of methoxy groups -OCH3 is 1. The topological polar surface area (TPSA) is 131 Å². The number of carbonyl (C=O) groups is 1. The second-order valence-electron chi connectivity index (χ2n) is 10.2. The summed E-state index contributed by atoms with van der Waals surface area (Å²) in [4.78, 5) is 28.1. The van der Waals surface area contributed by atoms with Gasteiger partial charge in [0.2, 0.25) is 16.0 Å². The van der Waals surface area contributed by atoms with Crippen LogP contribution in [0.5, 0.6) is 5.75 Å². The van der Waals surface area contributed by atoms with E-state index in [-0.39, 0.29) is 42.4 Å². The van der Waals surface area contributed by atoms with Crippen LogP contribution in [0.3, 0.4) is 0 Å². The van der Waals surface area contributed by atoms with Crippen molar-refractivity contribution in [3.8, 4) is 5.75 Å². The Kier molecular flexibility index (Phi) is 6.79. The number of ketones is 1. The van der Waals surface area contributed by atoms with E-state index in [1.54, 1.807) is 19.1 Å². The smallest absolute Gasteiger partial charge is 0.247 e. The van der Waals surface area contributed by atoms with E-state index in [4.69, 9.17) is 10.5 Å². The summed E-state index contributed by atoms with van der Waals surface area (Å²) >= 11 is 0. The monoisotopic (exact) mass is 554 g/mol. The van der Waals surface area contributed by atoms with Crippen molar-refractivity contribution in [2.75, 3.05) is 33.8 Å². The zero-order valence-corrected chi connectivity index (χ0v) is 22.9. The van der Waals surface area contributed by atoms with Gasteiger partial charge in [-0.3, -0.25) is 14.7 Å². The van der Waals surface area contributed by atoms with E-state index >= 15 is 4.39 Å². The highest BCUT2D eigenvalue weighted by molar-refractivity contribution is 7.91. The third kappa shape index (κ3) is 4.41. The largest absolute Gasteiger partial charge is 0.495 e. The van der Waals surface area contributed by atoms with Crippen LogP contribution in [-0.2, 0) is 22.0 Å². The molecule has 0 unspecified atom stereocenters. The first-order valence-electron chi connectivity index (χ1n) is 12.6. The number of nitrogens with two attached hydrogens (primary N) is 1. The molecule has 2 atom stereocenters. The number of hydrogen-bond acceptors (Lipinski definition) is 9. The van der Waals surface area contributed by atoms with Crippen molar-refractivity contribution in [3.63, 3.8) is 0 Å². The summed E-state index contributed by atoms with van der Waals surface area (Å²) < 4.78 is 48.3. The highest BCUT2D eigenvalue weighted by atomic mass is 32.2. The number of hydrogen-bond donors (Lipinski definition) is 1. The number of halogens is 1. The Morgan fingerprint density at radius 2 is 2.05 bits per heavy atom. The van der Waals surface area contributed by atoms with E-state index in [2.05, 4.69) is 15.0 Å². The minimum Gasteiger partial charge on any atom is -0.495 e. The molecule has 1 spiro atoms. The Bertz CT molecular complexity index is 1510. The van der Waals surface area contributed by atoms with Gasteiger partial charge in [-0.1, -0.05) is 12.1 Å². The molecular weight excluding hydrogens is 523 g/mol.